The summed E-state index contributed by atoms with van der Waals surface area (Å²) in [6, 6.07) is 1.99. The first-order valence-corrected chi connectivity index (χ1v) is 4.67. The zero-order chi connectivity index (χ0) is 10.1. The van der Waals surface area contributed by atoms with Gasteiger partial charge in [-0.3, -0.25) is 4.40 Å². The summed E-state index contributed by atoms with van der Waals surface area (Å²) in [5.41, 5.74) is 1.05. The highest BCUT2D eigenvalue weighted by Gasteiger charge is 2.08. The fourth-order valence-corrected chi connectivity index (χ4v) is 1.57. The van der Waals surface area contributed by atoms with Crippen molar-refractivity contribution < 1.29 is 0 Å². The smallest absolute Gasteiger partial charge is 0.208 e. The van der Waals surface area contributed by atoms with E-state index in [4.69, 9.17) is 5.26 Å². The fraction of sp³-hybridized carbons (Fsp3) is 0.125. The number of imidazole rings is 1. The second kappa shape index (κ2) is 3.27. The zero-order valence-electron chi connectivity index (χ0n) is 7.32. The molecule has 0 aliphatic carbocycles. The van der Waals surface area contributed by atoms with Crippen molar-refractivity contribution in [3.63, 3.8) is 0 Å². The molecule has 5 nitrogen and oxygen atoms in total. The average Bonchev–Trinajstić information content (AvgIpc) is 2.63. The predicted octanol–water partition coefficient (Wildman–Crippen LogP) is 1.41. The molecule has 0 saturated carbocycles. The Labute approximate surface area is 88.5 Å². The van der Waals surface area contributed by atoms with Crippen LogP contribution in [0.4, 0.5) is 5.95 Å². The van der Waals surface area contributed by atoms with E-state index >= 15 is 0 Å². The summed E-state index contributed by atoms with van der Waals surface area (Å²) < 4.78 is 2.49. The van der Waals surface area contributed by atoms with Gasteiger partial charge in [-0.1, -0.05) is 0 Å². The molecular formula is C8H6BrN5. The Morgan fingerprint density at radius 1 is 1.64 bits per heavy atom. The third kappa shape index (κ3) is 1.22. The lowest BCUT2D eigenvalue weighted by molar-refractivity contribution is 1.07. The van der Waals surface area contributed by atoms with E-state index in [1.54, 1.807) is 23.8 Å². The van der Waals surface area contributed by atoms with Crippen molar-refractivity contribution >= 4 is 27.5 Å². The first-order chi connectivity index (χ1) is 6.76. The number of nitrogens with zero attached hydrogens (tertiary/aromatic N) is 4. The molecule has 0 unspecified atom stereocenters. The normalized spacial score (nSPS) is 10.1. The largest absolute Gasteiger partial charge is 0.358 e. The molecule has 0 bridgehead atoms. The standard InChI is InChI=1S/C8H6BrN5/c1-11-8-12-3-6(9)7-13-5(2-10)4-14(7)8/h3-4H,1H3,(H,11,12). The van der Waals surface area contributed by atoms with Gasteiger partial charge in [0.25, 0.3) is 0 Å². The van der Waals surface area contributed by atoms with Gasteiger partial charge in [0.1, 0.15) is 6.07 Å². The number of anilines is 1. The maximum absolute atomic E-state index is 8.71. The number of aromatic nitrogens is 3. The van der Waals surface area contributed by atoms with E-state index in [1.807, 2.05) is 6.07 Å². The molecule has 2 aromatic rings. The molecule has 70 valence electrons. The van der Waals surface area contributed by atoms with Crippen LogP contribution in [0.15, 0.2) is 16.9 Å². The monoisotopic (exact) mass is 251 g/mol. The van der Waals surface area contributed by atoms with Gasteiger partial charge in [0.2, 0.25) is 5.95 Å². The highest BCUT2D eigenvalue weighted by Crippen LogP contribution is 2.19. The molecule has 1 N–H and O–H groups in total. The van der Waals surface area contributed by atoms with Gasteiger partial charge in [-0.25, -0.2) is 9.97 Å². The van der Waals surface area contributed by atoms with Gasteiger partial charge in [0, 0.05) is 13.2 Å². The molecular weight excluding hydrogens is 246 g/mol. The molecule has 0 saturated heterocycles. The lowest BCUT2D eigenvalue weighted by Crippen LogP contribution is -2.00. The molecule has 0 spiro atoms. The minimum absolute atomic E-state index is 0.371. The zero-order valence-corrected chi connectivity index (χ0v) is 8.91. The van der Waals surface area contributed by atoms with Crippen LogP contribution >= 0.6 is 15.9 Å². The van der Waals surface area contributed by atoms with Crippen LogP contribution in [0.2, 0.25) is 0 Å². The number of nitriles is 1. The molecule has 0 radical (unpaired) electrons. The van der Waals surface area contributed by atoms with E-state index in [9.17, 15) is 0 Å². The summed E-state index contributed by atoms with van der Waals surface area (Å²) in [6.07, 6.45) is 3.29. The summed E-state index contributed by atoms with van der Waals surface area (Å²) in [6.45, 7) is 0. The van der Waals surface area contributed by atoms with Crippen LogP contribution in [0.1, 0.15) is 5.69 Å². The molecule has 0 amide bonds. The Kier molecular flexibility index (Phi) is 2.09. The summed E-state index contributed by atoms with van der Waals surface area (Å²) in [7, 11) is 1.77. The van der Waals surface area contributed by atoms with Gasteiger partial charge >= 0.3 is 0 Å². The van der Waals surface area contributed by atoms with E-state index in [-0.39, 0.29) is 0 Å². The van der Waals surface area contributed by atoms with Crippen LogP contribution in [0.5, 0.6) is 0 Å². The van der Waals surface area contributed by atoms with Gasteiger partial charge in [0.15, 0.2) is 11.3 Å². The topological polar surface area (TPSA) is 66.0 Å². The Morgan fingerprint density at radius 2 is 2.43 bits per heavy atom. The maximum Gasteiger partial charge on any atom is 0.208 e. The Morgan fingerprint density at radius 3 is 3.07 bits per heavy atom. The van der Waals surface area contributed by atoms with Gasteiger partial charge in [-0.05, 0) is 15.9 Å². The Bertz CT molecular complexity index is 524. The van der Waals surface area contributed by atoms with E-state index in [0.29, 0.717) is 17.3 Å². The number of hydrogen-bond donors (Lipinski definition) is 1. The van der Waals surface area contributed by atoms with E-state index in [2.05, 4.69) is 31.2 Å². The number of fused-ring (bicyclic) bond motifs is 1. The van der Waals surface area contributed by atoms with Crippen molar-refractivity contribution in [2.45, 2.75) is 0 Å². The van der Waals surface area contributed by atoms with Crippen molar-refractivity contribution in [1.29, 1.82) is 5.26 Å². The molecule has 0 atom stereocenters. The van der Waals surface area contributed by atoms with Gasteiger partial charge < -0.3 is 5.32 Å². The van der Waals surface area contributed by atoms with Crippen molar-refractivity contribution in [3.8, 4) is 6.07 Å². The molecule has 2 aromatic heterocycles. The third-order valence-electron chi connectivity index (χ3n) is 1.79. The molecule has 2 heterocycles. The second-order valence-electron chi connectivity index (χ2n) is 2.61. The molecule has 0 aliphatic rings. The second-order valence-corrected chi connectivity index (χ2v) is 3.47. The summed E-state index contributed by atoms with van der Waals surface area (Å²) in [5, 5.41) is 11.6. The minimum atomic E-state index is 0.371. The van der Waals surface area contributed by atoms with Crippen molar-refractivity contribution in [1.82, 2.24) is 14.4 Å². The highest BCUT2D eigenvalue weighted by molar-refractivity contribution is 9.10. The summed E-state index contributed by atoms with van der Waals surface area (Å²) in [4.78, 5) is 8.24. The lowest BCUT2D eigenvalue weighted by atomic mass is 10.5. The van der Waals surface area contributed by atoms with Gasteiger partial charge in [0.05, 0.1) is 10.7 Å². The molecule has 14 heavy (non-hydrogen) atoms. The number of halogens is 1. The summed E-state index contributed by atoms with van der Waals surface area (Å²) in [5.74, 6) is 0.650. The maximum atomic E-state index is 8.71. The van der Waals surface area contributed by atoms with Crippen molar-refractivity contribution in [3.05, 3.63) is 22.6 Å². The number of nitrogens with one attached hydrogen (secondary N) is 1. The Hall–Kier alpha value is -1.61. The predicted molar refractivity (Wildman–Crippen MR) is 54.9 cm³/mol. The molecule has 6 heteroatoms. The van der Waals surface area contributed by atoms with Crippen LogP contribution in [0, 0.1) is 11.3 Å². The highest BCUT2D eigenvalue weighted by atomic mass is 79.9. The van der Waals surface area contributed by atoms with E-state index in [0.717, 1.165) is 4.47 Å². The van der Waals surface area contributed by atoms with Crippen LogP contribution < -0.4 is 5.32 Å². The van der Waals surface area contributed by atoms with Crippen LogP contribution in [0.25, 0.3) is 5.65 Å². The summed E-state index contributed by atoms with van der Waals surface area (Å²) >= 11 is 3.32. The van der Waals surface area contributed by atoms with Crippen LogP contribution in [-0.4, -0.2) is 21.4 Å². The minimum Gasteiger partial charge on any atom is -0.358 e. The first-order valence-electron chi connectivity index (χ1n) is 3.87. The quantitative estimate of drug-likeness (QED) is 0.833. The fourth-order valence-electron chi connectivity index (χ4n) is 1.19. The average molecular weight is 252 g/mol. The van der Waals surface area contributed by atoms with Crippen LogP contribution in [0.3, 0.4) is 0 Å². The molecule has 0 aromatic carbocycles. The third-order valence-corrected chi connectivity index (χ3v) is 2.35. The number of hydrogen-bond acceptors (Lipinski definition) is 4. The molecule has 0 aliphatic heterocycles. The molecule has 0 fully saturated rings. The van der Waals surface area contributed by atoms with Gasteiger partial charge in [-0.15, -0.1) is 0 Å². The Balaban J connectivity index is 2.83. The van der Waals surface area contributed by atoms with E-state index in [1.165, 1.54) is 0 Å². The van der Waals surface area contributed by atoms with Gasteiger partial charge in [-0.2, -0.15) is 5.26 Å². The number of rotatable bonds is 1. The van der Waals surface area contributed by atoms with Crippen LogP contribution in [-0.2, 0) is 0 Å². The van der Waals surface area contributed by atoms with E-state index < -0.39 is 0 Å². The first kappa shape index (κ1) is 8.97. The van der Waals surface area contributed by atoms with Crippen molar-refractivity contribution in [2.75, 3.05) is 12.4 Å². The van der Waals surface area contributed by atoms with Crippen molar-refractivity contribution in [2.24, 2.45) is 0 Å². The molecule has 2 rings (SSSR count). The SMILES string of the molecule is CNc1ncc(Br)c2nc(C#N)cn12. The lowest BCUT2D eigenvalue weighted by Gasteiger charge is -2.02.